The molecular weight excluding hydrogens is 286 g/mol. The van der Waals surface area contributed by atoms with E-state index in [1.165, 1.54) is 0 Å². The Morgan fingerprint density at radius 2 is 2.00 bits per heavy atom. The van der Waals surface area contributed by atoms with Crippen molar-refractivity contribution in [1.82, 2.24) is 4.98 Å². The fourth-order valence-electron chi connectivity index (χ4n) is 2.25. The Balaban J connectivity index is 2.19. The molecule has 0 aliphatic carbocycles. The van der Waals surface area contributed by atoms with Crippen LogP contribution in [0.15, 0.2) is 36.4 Å². The van der Waals surface area contributed by atoms with E-state index in [-0.39, 0.29) is 6.04 Å². The summed E-state index contributed by atoms with van der Waals surface area (Å²) < 4.78 is 5.39. The van der Waals surface area contributed by atoms with E-state index in [0.29, 0.717) is 16.7 Å². The number of halogens is 1. The molecule has 0 saturated heterocycles. The zero-order chi connectivity index (χ0) is 15.4. The fourth-order valence-corrected chi connectivity index (χ4v) is 2.40. The third-order valence-electron chi connectivity index (χ3n) is 3.57. The monoisotopic (exact) mass is 305 g/mol. The molecule has 0 fully saturated rings. The molecule has 1 heterocycles. The van der Waals surface area contributed by atoms with Crippen LogP contribution in [0.4, 0.5) is 11.5 Å². The van der Waals surface area contributed by atoms with E-state index in [0.717, 1.165) is 17.7 Å². The largest absolute Gasteiger partial charge is 0.496 e. The van der Waals surface area contributed by atoms with Gasteiger partial charge in [0.05, 0.1) is 12.8 Å². The number of methoxy groups -OCH3 is 1. The number of nitrogen functional groups attached to an aromatic ring is 1. The summed E-state index contributed by atoms with van der Waals surface area (Å²) in [6, 6.07) is 11.7. The first-order valence-electron chi connectivity index (χ1n) is 6.79. The predicted octanol–water partition coefficient (Wildman–Crippen LogP) is 3.39. The molecule has 0 bridgehead atoms. The summed E-state index contributed by atoms with van der Waals surface area (Å²) in [6.45, 7) is 2.12. The minimum Gasteiger partial charge on any atom is -0.496 e. The van der Waals surface area contributed by atoms with Gasteiger partial charge in [-0.05, 0) is 37.1 Å². The van der Waals surface area contributed by atoms with Crippen LogP contribution in [0.5, 0.6) is 5.75 Å². The van der Waals surface area contributed by atoms with Crippen LogP contribution in [0.1, 0.15) is 12.5 Å². The first-order chi connectivity index (χ1) is 10.0. The normalized spacial score (nSPS) is 12.0. The summed E-state index contributed by atoms with van der Waals surface area (Å²) in [5.41, 5.74) is 7.76. The second-order valence-corrected chi connectivity index (χ2v) is 5.41. The van der Waals surface area contributed by atoms with Gasteiger partial charge in [-0.2, -0.15) is 0 Å². The standard InChI is InChI=1S/C16H20ClN3O/c1-11(10-12-6-4-5-7-14(12)21-3)20(2)16-13(18)8-9-15(17)19-16/h4-9,11H,10,18H2,1-3H3. The number of rotatable bonds is 5. The number of nitrogens with zero attached hydrogens (tertiary/aromatic N) is 2. The number of likely N-dealkylation sites (N-methyl/N-ethyl adjacent to an activating group) is 1. The Kier molecular flexibility index (Phi) is 4.91. The molecule has 1 unspecified atom stereocenters. The van der Waals surface area contributed by atoms with Gasteiger partial charge in [-0.1, -0.05) is 29.8 Å². The van der Waals surface area contributed by atoms with Crippen molar-refractivity contribution < 1.29 is 4.74 Å². The lowest BCUT2D eigenvalue weighted by Crippen LogP contribution is -2.32. The van der Waals surface area contributed by atoms with Crippen LogP contribution in [0.2, 0.25) is 5.15 Å². The number of aromatic nitrogens is 1. The number of ether oxygens (including phenoxy) is 1. The summed E-state index contributed by atoms with van der Waals surface area (Å²) in [6.07, 6.45) is 0.828. The quantitative estimate of drug-likeness (QED) is 0.860. The Hall–Kier alpha value is -1.94. The van der Waals surface area contributed by atoms with E-state index in [1.54, 1.807) is 19.2 Å². The number of pyridine rings is 1. The van der Waals surface area contributed by atoms with Gasteiger partial charge in [-0.25, -0.2) is 4.98 Å². The van der Waals surface area contributed by atoms with Crippen molar-refractivity contribution in [2.24, 2.45) is 0 Å². The Morgan fingerprint density at radius 3 is 2.71 bits per heavy atom. The van der Waals surface area contributed by atoms with Gasteiger partial charge in [0, 0.05) is 13.1 Å². The second kappa shape index (κ2) is 6.68. The van der Waals surface area contributed by atoms with E-state index in [4.69, 9.17) is 22.1 Å². The van der Waals surface area contributed by atoms with Crippen LogP contribution < -0.4 is 15.4 Å². The maximum atomic E-state index is 5.99. The molecule has 2 rings (SSSR count). The lowest BCUT2D eigenvalue weighted by molar-refractivity contribution is 0.408. The van der Waals surface area contributed by atoms with Crippen molar-refractivity contribution >= 4 is 23.1 Å². The van der Waals surface area contributed by atoms with Crippen LogP contribution in [0, 0.1) is 0 Å². The molecule has 0 amide bonds. The van der Waals surface area contributed by atoms with Gasteiger partial charge in [0.25, 0.3) is 0 Å². The minimum absolute atomic E-state index is 0.203. The highest BCUT2D eigenvalue weighted by molar-refractivity contribution is 6.29. The average molecular weight is 306 g/mol. The molecule has 5 heteroatoms. The third kappa shape index (κ3) is 3.58. The molecule has 2 N–H and O–H groups in total. The van der Waals surface area contributed by atoms with Crippen molar-refractivity contribution in [2.45, 2.75) is 19.4 Å². The Labute approximate surface area is 130 Å². The first-order valence-corrected chi connectivity index (χ1v) is 7.17. The maximum absolute atomic E-state index is 5.99. The molecule has 0 spiro atoms. The fraction of sp³-hybridized carbons (Fsp3) is 0.312. The number of hydrogen-bond acceptors (Lipinski definition) is 4. The van der Waals surface area contributed by atoms with Gasteiger partial charge in [-0.15, -0.1) is 0 Å². The Morgan fingerprint density at radius 1 is 1.29 bits per heavy atom. The maximum Gasteiger partial charge on any atom is 0.153 e. The zero-order valence-corrected chi connectivity index (χ0v) is 13.3. The molecule has 4 nitrogen and oxygen atoms in total. The molecule has 0 aliphatic rings. The molecule has 2 aromatic rings. The van der Waals surface area contributed by atoms with Gasteiger partial charge in [0.1, 0.15) is 10.9 Å². The van der Waals surface area contributed by atoms with Crippen LogP contribution in [0.25, 0.3) is 0 Å². The van der Waals surface area contributed by atoms with Crippen molar-refractivity contribution in [1.29, 1.82) is 0 Å². The van der Waals surface area contributed by atoms with Crippen LogP contribution in [0.3, 0.4) is 0 Å². The lowest BCUT2D eigenvalue weighted by Gasteiger charge is -2.27. The average Bonchev–Trinajstić information content (AvgIpc) is 2.49. The molecule has 1 aromatic heterocycles. The van der Waals surface area contributed by atoms with Crippen molar-refractivity contribution in [2.75, 3.05) is 24.8 Å². The van der Waals surface area contributed by atoms with E-state index < -0.39 is 0 Å². The summed E-state index contributed by atoms with van der Waals surface area (Å²) in [7, 11) is 3.65. The zero-order valence-electron chi connectivity index (χ0n) is 12.5. The third-order valence-corrected chi connectivity index (χ3v) is 3.78. The molecule has 0 saturated carbocycles. The molecule has 0 aliphatic heterocycles. The highest BCUT2D eigenvalue weighted by Crippen LogP contribution is 2.26. The van der Waals surface area contributed by atoms with Crippen LogP contribution in [-0.4, -0.2) is 25.2 Å². The van der Waals surface area contributed by atoms with E-state index in [1.807, 2.05) is 30.1 Å². The van der Waals surface area contributed by atoms with Gasteiger partial charge in [0.15, 0.2) is 5.82 Å². The number of hydrogen-bond donors (Lipinski definition) is 1. The van der Waals surface area contributed by atoms with Crippen LogP contribution >= 0.6 is 11.6 Å². The Bertz CT molecular complexity index is 618. The second-order valence-electron chi connectivity index (χ2n) is 5.02. The smallest absolute Gasteiger partial charge is 0.153 e. The lowest BCUT2D eigenvalue weighted by atomic mass is 10.0. The SMILES string of the molecule is COc1ccccc1CC(C)N(C)c1nc(Cl)ccc1N. The predicted molar refractivity (Wildman–Crippen MR) is 88.2 cm³/mol. The summed E-state index contributed by atoms with van der Waals surface area (Å²) >= 11 is 5.96. The van der Waals surface area contributed by atoms with Crippen LogP contribution in [-0.2, 0) is 6.42 Å². The van der Waals surface area contributed by atoms with Gasteiger partial charge < -0.3 is 15.4 Å². The molecule has 1 atom stereocenters. The number of para-hydroxylation sites is 1. The van der Waals surface area contributed by atoms with Crippen molar-refractivity contribution in [3.8, 4) is 5.75 Å². The molecule has 0 radical (unpaired) electrons. The molecule has 21 heavy (non-hydrogen) atoms. The first kappa shape index (κ1) is 15.4. The number of benzene rings is 1. The van der Waals surface area contributed by atoms with E-state index >= 15 is 0 Å². The summed E-state index contributed by atoms with van der Waals surface area (Å²) in [5, 5.41) is 0.440. The highest BCUT2D eigenvalue weighted by atomic mass is 35.5. The molecule has 112 valence electrons. The molecule has 1 aromatic carbocycles. The summed E-state index contributed by atoms with van der Waals surface area (Å²) in [5.74, 6) is 1.59. The van der Waals surface area contributed by atoms with Gasteiger partial charge >= 0.3 is 0 Å². The van der Waals surface area contributed by atoms with Crippen molar-refractivity contribution in [3.63, 3.8) is 0 Å². The number of anilines is 2. The van der Waals surface area contributed by atoms with E-state index in [9.17, 15) is 0 Å². The summed E-state index contributed by atoms with van der Waals surface area (Å²) in [4.78, 5) is 6.35. The van der Waals surface area contributed by atoms with Gasteiger partial charge in [0.2, 0.25) is 0 Å². The number of nitrogens with two attached hydrogens (primary N) is 1. The van der Waals surface area contributed by atoms with Gasteiger partial charge in [-0.3, -0.25) is 0 Å². The van der Waals surface area contributed by atoms with Crippen molar-refractivity contribution in [3.05, 3.63) is 47.1 Å². The topological polar surface area (TPSA) is 51.4 Å². The highest BCUT2D eigenvalue weighted by Gasteiger charge is 2.16. The minimum atomic E-state index is 0.203. The van der Waals surface area contributed by atoms with E-state index in [2.05, 4.69) is 18.0 Å². The molecular formula is C16H20ClN3O.